The monoisotopic (exact) mass is 385 g/mol. The first kappa shape index (κ1) is 21.0. The third kappa shape index (κ3) is 4.33. The third-order valence-corrected chi connectivity index (χ3v) is 5.86. The zero-order chi connectivity index (χ0) is 21.0. The molecule has 0 saturated heterocycles. The smallest absolute Gasteiger partial charge is 0.133 e. The van der Waals surface area contributed by atoms with Gasteiger partial charge in [-0.1, -0.05) is 82.8 Å². The normalized spacial score (nSPS) is 12.6. The Morgan fingerprint density at radius 1 is 1.03 bits per heavy atom. The van der Waals surface area contributed by atoms with Crippen LogP contribution in [0, 0.1) is 0 Å². The quantitative estimate of drug-likeness (QED) is 0.276. The second-order valence-electron chi connectivity index (χ2n) is 8.51. The highest BCUT2D eigenvalue weighted by Gasteiger charge is 2.29. The lowest BCUT2D eigenvalue weighted by atomic mass is 9.79. The first-order valence-corrected chi connectivity index (χ1v) is 10.5. The number of benzene rings is 3. The fourth-order valence-corrected chi connectivity index (χ4v) is 3.96. The average Bonchev–Trinajstić information content (AvgIpc) is 2.71. The molecule has 3 aromatic carbocycles. The van der Waals surface area contributed by atoms with E-state index >= 15 is 0 Å². The van der Waals surface area contributed by atoms with E-state index in [1.54, 1.807) is 0 Å². The SMILES string of the molecule is C=CC[NH2+]c1ccccc1C(C)(C)C(C)=Nc1ccc2ccccc2c1C(C)C. The Morgan fingerprint density at radius 3 is 2.45 bits per heavy atom. The van der Waals surface area contributed by atoms with Crippen LogP contribution in [0.5, 0.6) is 0 Å². The molecule has 0 aromatic heterocycles. The Hall–Kier alpha value is -2.71. The summed E-state index contributed by atoms with van der Waals surface area (Å²) in [6.45, 7) is 15.9. The van der Waals surface area contributed by atoms with Gasteiger partial charge in [0.2, 0.25) is 0 Å². The maximum absolute atomic E-state index is 5.18. The first-order chi connectivity index (χ1) is 13.9. The summed E-state index contributed by atoms with van der Waals surface area (Å²) in [5.41, 5.74) is 5.91. The molecule has 2 N–H and O–H groups in total. The predicted octanol–water partition coefficient (Wildman–Crippen LogP) is 6.41. The zero-order valence-electron chi connectivity index (χ0n) is 18.4. The molecule has 0 unspecified atom stereocenters. The van der Waals surface area contributed by atoms with E-state index in [1.165, 1.54) is 27.6 Å². The maximum atomic E-state index is 5.18. The number of aliphatic imine (C=N–C) groups is 1. The van der Waals surface area contributed by atoms with E-state index < -0.39 is 0 Å². The van der Waals surface area contributed by atoms with Gasteiger partial charge in [0.1, 0.15) is 5.69 Å². The summed E-state index contributed by atoms with van der Waals surface area (Å²) in [6, 6.07) is 21.6. The van der Waals surface area contributed by atoms with Gasteiger partial charge >= 0.3 is 0 Å². The Morgan fingerprint density at radius 2 is 1.72 bits per heavy atom. The molecule has 2 heteroatoms. The number of hydrogen-bond acceptors (Lipinski definition) is 1. The highest BCUT2D eigenvalue weighted by molar-refractivity contribution is 5.97. The molecular weight excluding hydrogens is 352 g/mol. The standard InChI is InChI=1S/C27H32N2/c1-7-18-28-24-15-11-10-14-23(24)27(5,6)20(4)29-25-17-16-21-12-8-9-13-22(21)26(25)19(2)3/h7-17,19,28H,1,18H2,2-6H3/p+1. The van der Waals surface area contributed by atoms with E-state index in [1.807, 2.05) is 6.08 Å². The number of nitrogens with two attached hydrogens (primary N) is 1. The van der Waals surface area contributed by atoms with E-state index in [9.17, 15) is 0 Å². The van der Waals surface area contributed by atoms with Crippen LogP contribution in [-0.2, 0) is 5.41 Å². The molecule has 0 aliphatic rings. The van der Waals surface area contributed by atoms with Crippen molar-refractivity contribution < 1.29 is 5.32 Å². The lowest BCUT2D eigenvalue weighted by Gasteiger charge is -2.27. The number of nitrogens with zero attached hydrogens (tertiary/aromatic N) is 1. The van der Waals surface area contributed by atoms with Crippen molar-refractivity contribution in [1.82, 2.24) is 0 Å². The van der Waals surface area contributed by atoms with Crippen molar-refractivity contribution in [2.75, 3.05) is 6.54 Å². The molecule has 0 radical (unpaired) electrons. The summed E-state index contributed by atoms with van der Waals surface area (Å²) in [4.78, 5) is 5.18. The molecule has 0 aliphatic carbocycles. The van der Waals surface area contributed by atoms with Gasteiger partial charge in [-0.3, -0.25) is 4.99 Å². The predicted molar refractivity (Wildman–Crippen MR) is 127 cm³/mol. The minimum absolute atomic E-state index is 0.172. The molecule has 0 spiro atoms. The van der Waals surface area contributed by atoms with E-state index in [2.05, 4.69) is 107 Å². The molecule has 3 aromatic rings. The van der Waals surface area contributed by atoms with Crippen LogP contribution in [0.1, 0.15) is 51.7 Å². The summed E-state index contributed by atoms with van der Waals surface area (Å²) in [7, 11) is 0. The lowest BCUT2D eigenvalue weighted by molar-refractivity contribution is -0.561. The van der Waals surface area contributed by atoms with Crippen LogP contribution in [-0.4, -0.2) is 12.3 Å². The van der Waals surface area contributed by atoms with Gasteiger partial charge in [0.25, 0.3) is 0 Å². The average molecular weight is 386 g/mol. The fraction of sp³-hybridized carbons (Fsp3) is 0.296. The molecular formula is C27H33N2+. The molecule has 0 atom stereocenters. The molecule has 0 bridgehead atoms. The van der Waals surface area contributed by atoms with E-state index in [-0.39, 0.29) is 5.41 Å². The van der Waals surface area contributed by atoms with Gasteiger partial charge in [-0.2, -0.15) is 0 Å². The van der Waals surface area contributed by atoms with Crippen molar-refractivity contribution in [1.29, 1.82) is 0 Å². The van der Waals surface area contributed by atoms with Crippen LogP contribution in [0.3, 0.4) is 0 Å². The lowest BCUT2D eigenvalue weighted by Crippen LogP contribution is -2.78. The highest BCUT2D eigenvalue weighted by atomic mass is 14.9. The molecule has 2 nitrogen and oxygen atoms in total. The van der Waals surface area contributed by atoms with Crippen molar-refractivity contribution in [3.8, 4) is 0 Å². The van der Waals surface area contributed by atoms with Crippen LogP contribution in [0.2, 0.25) is 0 Å². The molecule has 0 saturated carbocycles. The Labute approximate surface area is 175 Å². The van der Waals surface area contributed by atoms with Crippen molar-refractivity contribution in [2.45, 2.75) is 46.0 Å². The Balaban J connectivity index is 2.10. The summed E-state index contributed by atoms with van der Waals surface area (Å²) in [5, 5.41) is 4.82. The molecule has 0 heterocycles. The van der Waals surface area contributed by atoms with Crippen molar-refractivity contribution in [3.05, 3.63) is 84.4 Å². The summed E-state index contributed by atoms with van der Waals surface area (Å²) >= 11 is 0. The number of fused-ring (bicyclic) bond motifs is 1. The Bertz CT molecular complexity index is 1040. The minimum atomic E-state index is -0.172. The van der Waals surface area contributed by atoms with Crippen molar-refractivity contribution in [2.24, 2.45) is 4.99 Å². The number of rotatable bonds is 7. The van der Waals surface area contributed by atoms with E-state index in [0.717, 1.165) is 17.9 Å². The van der Waals surface area contributed by atoms with Crippen LogP contribution < -0.4 is 5.32 Å². The van der Waals surface area contributed by atoms with Crippen LogP contribution in [0.25, 0.3) is 10.8 Å². The summed E-state index contributed by atoms with van der Waals surface area (Å²) in [6.07, 6.45) is 1.94. The summed E-state index contributed by atoms with van der Waals surface area (Å²) in [5.74, 6) is 0.406. The van der Waals surface area contributed by atoms with Gasteiger partial charge in [-0.15, -0.1) is 0 Å². The van der Waals surface area contributed by atoms with E-state index in [0.29, 0.717) is 5.92 Å². The minimum Gasteiger partial charge on any atom is -0.310 e. The zero-order valence-corrected chi connectivity index (χ0v) is 18.4. The van der Waals surface area contributed by atoms with Gasteiger partial charge in [-0.05, 0) is 47.4 Å². The third-order valence-electron chi connectivity index (χ3n) is 5.86. The van der Waals surface area contributed by atoms with Crippen molar-refractivity contribution >= 4 is 27.9 Å². The molecule has 29 heavy (non-hydrogen) atoms. The van der Waals surface area contributed by atoms with Gasteiger partial charge < -0.3 is 5.32 Å². The molecule has 0 aliphatic heterocycles. The summed E-state index contributed by atoms with van der Waals surface area (Å²) < 4.78 is 0. The molecule has 0 amide bonds. The molecule has 3 rings (SSSR count). The fourth-order valence-electron chi connectivity index (χ4n) is 3.96. The van der Waals surface area contributed by atoms with Gasteiger partial charge in [0.05, 0.1) is 12.2 Å². The maximum Gasteiger partial charge on any atom is 0.133 e. The number of hydrogen-bond donors (Lipinski definition) is 1. The molecule has 150 valence electrons. The van der Waals surface area contributed by atoms with Crippen LogP contribution in [0.4, 0.5) is 11.4 Å². The van der Waals surface area contributed by atoms with Crippen LogP contribution in [0.15, 0.2) is 78.3 Å². The van der Waals surface area contributed by atoms with Crippen molar-refractivity contribution in [3.63, 3.8) is 0 Å². The number of quaternary nitrogens is 1. The highest BCUT2D eigenvalue weighted by Crippen LogP contribution is 2.36. The molecule has 0 fully saturated rings. The van der Waals surface area contributed by atoms with Crippen LogP contribution >= 0.6 is 0 Å². The topological polar surface area (TPSA) is 29.0 Å². The second kappa shape index (κ2) is 8.75. The second-order valence-corrected chi connectivity index (χ2v) is 8.51. The van der Waals surface area contributed by atoms with E-state index in [4.69, 9.17) is 4.99 Å². The van der Waals surface area contributed by atoms with Gasteiger partial charge in [0.15, 0.2) is 0 Å². The van der Waals surface area contributed by atoms with Gasteiger partial charge in [-0.25, -0.2) is 0 Å². The largest absolute Gasteiger partial charge is 0.310 e. The van der Waals surface area contributed by atoms with Gasteiger partial charge in [0, 0.05) is 16.7 Å². The number of para-hydroxylation sites is 1. The first-order valence-electron chi connectivity index (χ1n) is 10.5. The Kier molecular flexibility index (Phi) is 6.34.